The van der Waals surface area contributed by atoms with Crippen LogP contribution in [-0.4, -0.2) is 25.0 Å². The van der Waals surface area contributed by atoms with E-state index in [0.29, 0.717) is 12.4 Å². The fraction of sp³-hybridized carbons (Fsp3) is 0.208. The molecule has 0 fully saturated rings. The summed E-state index contributed by atoms with van der Waals surface area (Å²) in [5.74, 6) is -0.0120. The molecular formula is C24H23N5O3. The fourth-order valence-corrected chi connectivity index (χ4v) is 3.44. The van der Waals surface area contributed by atoms with E-state index in [9.17, 15) is 14.4 Å². The molecule has 4 rings (SSSR count). The van der Waals surface area contributed by atoms with E-state index < -0.39 is 17.2 Å². The number of nitrogens with zero attached hydrogens (tertiary/aromatic N) is 4. The van der Waals surface area contributed by atoms with Gasteiger partial charge >= 0.3 is 5.69 Å². The third kappa shape index (κ3) is 4.20. The summed E-state index contributed by atoms with van der Waals surface area (Å²) >= 11 is 0. The van der Waals surface area contributed by atoms with Gasteiger partial charge < -0.3 is 5.32 Å². The molecule has 0 aliphatic carbocycles. The second-order valence-corrected chi connectivity index (χ2v) is 7.48. The normalized spacial score (nSPS) is 10.9. The highest BCUT2D eigenvalue weighted by Crippen LogP contribution is 2.15. The molecule has 0 saturated heterocycles. The maximum Gasteiger partial charge on any atom is 0.332 e. The number of nitrogens with one attached hydrogen (secondary N) is 1. The second-order valence-electron chi connectivity index (χ2n) is 7.48. The van der Waals surface area contributed by atoms with Crippen LogP contribution in [0.1, 0.15) is 18.1 Å². The molecule has 2 heterocycles. The van der Waals surface area contributed by atoms with Crippen LogP contribution in [0.25, 0.3) is 22.4 Å². The lowest BCUT2D eigenvalue weighted by Crippen LogP contribution is -2.43. The number of aryl methyl sites for hydroxylation is 2. The quantitative estimate of drug-likeness (QED) is 0.506. The summed E-state index contributed by atoms with van der Waals surface area (Å²) in [6, 6.07) is 17.2. The van der Waals surface area contributed by atoms with Crippen LogP contribution in [0.3, 0.4) is 0 Å². The monoisotopic (exact) mass is 429 g/mol. The maximum absolute atomic E-state index is 12.9. The number of carbonyl (C=O) groups is 1. The van der Waals surface area contributed by atoms with Gasteiger partial charge in [0.05, 0.1) is 0 Å². The van der Waals surface area contributed by atoms with Gasteiger partial charge in [-0.1, -0.05) is 61.5 Å². The Morgan fingerprint density at radius 2 is 1.69 bits per heavy atom. The van der Waals surface area contributed by atoms with E-state index in [0.717, 1.165) is 22.1 Å². The number of fused-ring (bicyclic) bond motifs is 1. The molecule has 1 amide bonds. The molecular weight excluding hydrogens is 406 g/mol. The fourth-order valence-electron chi connectivity index (χ4n) is 3.44. The van der Waals surface area contributed by atoms with E-state index >= 15 is 0 Å². The first kappa shape index (κ1) is 21.2. The number of hydrogen-bond donors (Lipinski definition) is 1. The summed E-state index contributed by atoms with van der Waals surface area (Å²) in [5, 5.41) is 2.94. The summed E-state index contributed by atoms with van der Waals surface area (Å²) < 4.78 is 2.17. The van der Waals surface area contributed by atoms with Crippen molar-refractivity contribution in [2.45, 2.75) is 26.4 Å². The van der Waals surface area contributed by atoms with Crippen molar-refractivity contribution in [3.63, 3.8) is 0 Å². The lowest BCUT2D eigenvalue weighted by molar-refractivity contribution is -0.121. The first-order chi connectivity index (χ1) is 15.5. The van der Waals surface area contributed by atoms with Crippen LogP contribution < -0.4 is 16.6 Å². The third-order valence-corrected chi connectivity index (χ3v) is 5.33. The zero-order chi connectivity index (χ0) is 22.7. The molecule has 0 aliphatic rings. The van der Waals surface area contributed by atoms with Gasteiger partial charge in [-0.05, 0) is 17.5 Å². The van der Waals surface area contributed by atoms with Crippen LogP contribution in [0.5, 0.6) is 0 Å². The zero-order valence-corrected chi connectivity index (χ0v) is 17.9. The second kappa shape index (κ2) is 8.97. The van der Waals surface area contributed by atoms with Gasteiger partial charge in [0.2, 0.25) is 5.91 Å². The number of rotatable bonds is 6. The number of hydrogen-bond acceptors (Lipinski definition) is 5. The van der Waals surface area contributed by atoms with Gasteiger partial charge in [0.25, 0.3) is 5.56 Å². The average Bonchev–Trinajstić information content (AvgIpc) is 2.84. The predicted octanol–water partition coefficient (Wildman–Crippen LogP) is 2.04. The van der Waals surface area contributed by atoms with Gasteiger partial charge in [0.1, 0.15) is 11.9 Å². The molecule has 162 valence electrons. The highest BCUT2D eigenvalue weighted by atomic mass is 16.2. The Balaban J connectivity index is 1.59. The summed E-state index contributed by atoms with van der Waals surface area (Å²) in [4.78, 5) is 46.9. The molecule has 0 radical (unpaired) electrons. The number of amides is 1. The summed E-state index contributed by atoms with van der Waals surface area (Å²) in [6.45, 7) is 2.01. The van der Waals surface area contributed by atoms with E-state index in [2.05, 4.69) is 22.2 Å². The van der Waals surface area contributed by atoms with Crippen molar-refractivity contribution in [1.82, 2.24) is 24.4 Å². The van der Waals surface area contributed by atoms with Crippen LogP contribution in [0.2, 0.25) is 0 Å². The van der Waals surface area contributed by atoms with Crippen LogP contribution >= 0.6 is 0 Å². The molecule has 1 N–H and O–H groups in total. The summed E-state index contributed by atoms with van der Waals surface area (Å²) in [5.41, 5.74) is 1.95. The van der Waals surface area contributed by atoms with Crippen molar-refractivity contribution in [3.05, 3.63) is 92.8 Å². The standard InChI is InChI=1S/C24H23N5O3/c1-3-16-9-11-17(12-10-16)13-25-20(30)15-29-23(31)19-14-26-21(18-7-5-4-6-8-18)27-22(19)28(2)24(29)32/h4-12,14H,3,13,15H2,1-2H3,(H,25,30). The van der Waals surface area contributed by atoms with Gasteiger partial charge in [0.15, 0.2) is 11.5 Å². The van der Waals surface area contributed by atoms with Crippen molar-refractivity contribution in [2.75, 3.05) is 0 Å². The Bertz CT molecular complexity index is 1390. The van der Waals surface area contributed by atoms with Crippen LogP contribution in [0, 0.1) is 0 Å². The lowest BCUT2D eigenvalue weighted by Gasteiger charge is -2.11. The van der Waals surface area contributed by atoms with Crippen LogP contribution in [-0.2, 0) is 31.4 Å². The Labute approximate surface area is 184 Å². The van der Waals surface area contributed by atoms with Crippen LogP contribution in [0.4, 0.5) is 0 Å². The van der Waals surface area contributed by atoms with Crippen molar-refractivity contribution in [1.29, 1.82) is 0 Å². The van der Waals surface area contributed by atoms with E-state index in [4.69, 9.17) is 0 Å². The number of benzene rings is 2. The maximum atomic E-state index is 12.9. The van der Waals surface area contributed by atoms with E-state index in [1.807, 2.05) is 54.6 Å². The van der Waals surface area contributed by atoms with Gasteiger partial charge in [-0.25, -0.2) is 14.8 Å². The molecule has 0 unspecified atom stereocenters. The smallest absolute Gasteiger partial charge is 0.332 e. The molecule has 2 aromatic carbocycles. The molecule has 8 nitrogen and oxygen atoms in total. The van der Waals surface area contributed by atoms with E-state index in [-0.39, 0.29) is 17.6 Å². The van der Waals surface area contributed by atoms with Crippen LogP contribution in [0.15, 0.2) is 70.4 Å². The SMILES string of the molecule is CCc1ccc(CNC(=O)Cn2c(=O)c3cnc(-c4ccccc4)nc3n(C)c2=O)cc1. The summed E-state index contributed by atoms with van der Waals surface area (Å²) in [6.07, 6.45) is 2.34. The minimum Gasteiger partial charge on any atom is -0.350 e. The van der Waals surface area contributed by atoms with Gasteiger partial charge in [0, 0.05) is 25.4 Å². The zero-order valence-electron chi connectivity index (χ0n) is 17.9. The molecule has 8 heteroatoms. The Morgan fingerprint density at radius 1 is 1.00 bits per heavy atom. The molecule has 32 heavy (non-hydrogen) atoms. The molecule has 0 saturated carbocycles. The highest BCUT2D eigenvalue weighted by molar-refractivity contribution is 5.78. The lowest BCUT2D eigenvalue weighted by atomic mass is 10.1. The average molecular weight is 429 g/mol. The molecule has 2 aromatic heterocycles. The number of carbonyl (C=O) groups excluding carboxylic acids is 1. The largest absolute Gasteiger partial charge is 0.350 e. The third-order valence-electron chi connectivity index (χ3n) is 5.33. The highest BCUT2D eigenvalue weighted by Gasteiger charge is 2.16. The molecule has 0 aliphatic heterocycles. The molecule has 0 atom stereocenters. The van der Waals surface area contributed by atoms with Gasteiger partial charge in [-0.15, -0.1) is 0 Å². The Kier molecular flexibility index (Phi) is 5.93. The van der Waals surface area contributed by atoms with Gasteiger partial charge in [-0.2, -0.15) is 0 Å². The van der Waals surface area contributed by atoms with Gasteiger partial charge in [-0.3, -0.25) is 18.7 Å². The minimum absolute atomic E-state index is 0.176. The summed E-state index contributed by atoms with van der Waals surface area (Å²) in [7, 11) is 1.52. The predicted molar refractivity (Wildman–Crippen MR) is 122 cm³/mol. The van der Waals surface area contributed by atoms with Crippen molar-refractivity contribution >= 4 is 16.9 Å². The first-order valence-electron chi connectivity index (χ1n) is 10.3. The molecule has 0 bridgehead atoms. The van der Waals surface area contributed by atoms with Crippen molar-refractivity contribution < 1.29 is 4.79 Å². The van der Waals surface area contributed by atoms with E-state index in [1.165, 1.54) is 23.4 Å². The van der Waals surface area contributed by atoms with Crippen molar-refractivity contribution in [3.8, 4) is 11.4 Å². The van der Waals surface area contributed by atoms with Crippen molar-refractivity contribution in [2.24, 2.45) is 7.05 Å². The Morgan fingerprint density at radius 3 is 2.38 bits per heavy atom. The van der Waals surface area contributed by atoms with E-state index in [1.54, 1.807) is 0 Å². The molecule has 4 aromatic rings. The topological polar surface area (TPSA) is 98.9 Å². The number of aromatic nitrogens is 4. The first-order valence-corrected chi connectivity index (χ1v) is 10.3. The minimum atomic E-state index is -0.609. The molecule has 0 spiro atoms. The Hall–Kier alpha value is -4.07.